The third kappa shape index (κ3) is 5.27. The highest BCUT2D eigenvalue weighted by Crippen LogP contribution is 2.21. The van der Waals surface area contributed by atoms with Gasteiger partial charge in [-0.25, -0.2) is 0 Å². The average molecular weight is 276 g/mol. The molecule has 21 heavy (non-hydrogen) atoms. The summed E-state index contributed by atoms with van der Waals surface area (Å²) in [5, 5.41) is 0. The van der Waals surface area contributed by atoms with Crippen LogP contribution in [0.1, 0.15) is 31.9 Å². The van der Waals surface area contributed by atoms with E-state index >= 15 is 0 Å². The van der Waals surface area contributed by atoms with Gasteiger partial charge in [-0.3, -0.25) is 0 Å². The molecular formula is C21H24. The van der Waals surface area contributed by atoms with Crippen LogP contribution in [-0.2, 0) is 0 Å². The van der Waals surface area contributed by atoms with E-state index in [1.165, 1.54) is 22.3 Å². The molecular weight excluding hydrogens is 252 g/mol. The quantitative estimate of drug-likeness (QED) is 0.530. The van der Waals surface area contributed by atoms with Crippen molar-refractivity contribution in [2.45, 2.75) is 20.8 Å². The van der Waals surface area contributed by atoms with Gasteiger partial charge in [-0.15, -0.1) is 0 Å². The zero-order valence-electron chi connectivity index (χ0n) is 13.2. The molecule has 0 heteroatoms. The molecule has 1 aromatic carbocycles. The molecule has 0 nitrogen and oxygen atoms in total. The molecule has 0 radical (unpaired) electrons. The van der Waals surface area contributed by atoms with Crippen molar-refractivity contribution in [2.24, 2.45) is 0 Å². The lowest BCUT2D eigenvalue weighted by Gasteiger charge is -2.06. The second-order valence-electron chi connectivity index (χ2n) is 4.58. The molecule has 0 amide bonds. The van der Waals surface area contributed by atoms with Crippen molar-refractivity contribution >= 4 is 11.1 Å². The fourth-order valence-corrected chi connectivity index (χ4v) is 2.04. The number of hydrogen-bond donors (Lipinski definition) is 0. The van der Waals surface area contributed by atoms with Crippen LogP contribution >= 0.6 is 0 Å². The van der Waals surface area contributed by atoms with Crippen LogP contribution in [0.4, 0.5) is 0 Å². The van der Waals surface area contributed by atoms with Crippen LogP contribution in [0.5, 0.6) is 0 Å². The highest BCUT2D eigenvalue weighted by Gasteiger charge is 2.00. The van der Waals surface area contributed by atoms with E-state index in [0.717, 1.165) is 0 Å². The van der Waals surface area contributed by atoms with E-state index in [0.29, 0.717) is 0 Å². The molecule has 1 aromatic rings. The third-order valence-electron chi connectivity index (χ3n) is 3.01. The van der Waals surface area contributed by atoms with Gasteiger partial charge in [-0.1, -0.05) is 85.5 Å². The Morgan fingerprint density at radius 1 is 0.762 bits per heavy atom. The van der Waals surface area contributed by atoms with E-state index in [-0.39, 0.29) is 0 Å². The molecule has 0 aromatic heterocycles. The maximum atomic E-state index is 3.78. The maximum absolute atomic E-state index is 3.78. The number of rotatable bonds is 6. The molecule has 0 unspecified atom stereocenters. The monoisotopic (exact) mass is 276 g/mol. The lowest BCUT2D eigenvalue weighted by Crippen LogP contribution is -1.85. The molecule has 0 saturated carbocycles. The number of hydrogen-bond acceptors (Lipinski definition) is 0. The van der Waals surface area contributed by atoms with Crippen LogP contribution in [0.25, 0.3) is 11.1 Å². The van der Waals surface area contributed by atoms with Gasteiger partial charge in [0.05, 0.1) is 0 Å². The summed E-state index contributed by atoms with van der Waals surface area (Å²) in [6, 6.07) is 8.62. The Kier molecular flexibility index (Phi) is 7.60. The van der Waals surface area contributed by atoms with E-state index in [9.17, 15) is 0 Å². The fourth-order valence-electron chi connectivity index (χ4n) is 2.04. The number of benzene rings is 1. The second-order valence-corrected chi connectivity index (χ2v) is 4.58. The van der Waals surface area contributed by atoms with Crippen molar-refractivity contribution in [3.05, 3.63) is 96.7 Å². The average Bonchev–Trinajstić information content (AvgIpc) is 2.51. The van der Waals surface area contributed by atoms with Crippen LogP contribution in [0, 0.1) is 0 Å². The lowest BCUT2D eigenvalue weighted by atomic mass is 9.99. The largest absolute Gasteiger partial charge is 0.0990 e. The van der Waals surface area contributed by atoms with Crippen LogP contribution in [-0.4, -0.2) is 0 Å². The standard InChI is InChI=1S/C21H24/c1-5-9-13-19(12-8-4)21-16-14-20(15-17-21)18(10-6-2)11-7-3/h5-17H,2H2,1,3-4H3/b9-5-,11-7-,12-8-,18-10+,19-13+. The van der Waals surface area contributed by atoms with Crippen molar-refractivity contribution in [2.75, 3.05) is 0 Å². The molecule has 108 valence electrons. The van der Waals surface area contributed by atoms with Crippen molar-refractivity contribution < 1.29 is 0 Å². The summed E-state index contributed by atoms with van der Waals surface area (Å²) in [7, 11) is 0. The Hall–Kier alpha value is -2.34. The van der Waals surface area contributed by atoms with Gasteiger partial charge in [0.15, 0.2) is 0 Å². The van der Waals surface area contributed by atoms with Gasteiger partial charge < -0.3 is 0 Å². The van der Waals surface area contributed by atoms with Crippen molar-refractivity contribution in [1.29, 1.82) is 0 Å². The minimum absolute atomic E-state index is 1.17. The Balaban J connectivity index is 3.16. The molecule has 0 N–H and O–H groups in total. The highest BCUT2D eigenvalue weighted by atomic mass is 14.0. The maximum Gasteiger partial charge on any atom is -0.0184 e. The van der Waals surface area contributed by atoms with Crippen LogP contribution in [0.3, 0.4) is 0 Å². The van der Waals surface area contributed by atoms with Crippen LogP contribution in [0.2, 0.25) is 0 Å². The van der Waals surface area contributed by atoms with Crippen molar-refractivity contribution in [1.82, 2.24) is 0 Å². The van der Waals surface area contributed by atoms with E-state index in [4.69, 9.17) is 0 Å². The molecule has 0 spiro atoms. The third-order valence-corrected chi connectivity index (χ3v) is 3.01. The van der Waals surface area contributed by atoms with Crippen LogP contribution < -0.4 is 0 Å². The molecule has 0 bridgehead atoms. The summed E-state index contributed by atoms with van der Waals surface area (Å²) in [5.41, 5.74) is 4.79. The lowest BCUT2D eigenvalue weighted by molar-refractivity contribution is 1.55. The van der Waals surface area contributed by atoms with E-state index < -0.39 is 0 Å². The number of allylic oxidation sites excluding steroid dienone is 11. The van der Waals surface area contributed by atoms with Crippen LogP contribution in [0.15, 0.2) is 85.5 Å². The Labute approximate surface area is 129 Å². The summed E-state index contributed by atoms with van der Waals surface area (Å²) in [6.07, 6.45) is 18.4. The van der Waals surface area contributed by atoms with E-state index in [1.807, 2.05) is 45.1 Å². The Morgan fingerprint density at radius 3 is 1.62 bits per heavy atom. The van der Waals surface area contributed by atoms with Gasteiger partial charge in [-0.05, 0) is 43.0 Å². The molecule has 0 aliphatic rings. The zero-order chi connectivity index (χ0) is 15.5. The first kappa shape index (κ1) is 16.7. The molecule has 0 saturated heterocycles. The molecule has 0 atom stereocenters. The predicted molar refractivity (Wildman–Crippen MR) is 97.0 cm³/mol. The second kappa shape index (κ2) is 9.55. The molecule has 0 fully saturated rings. The zero-order valence-corrected chi connectivity index (χ0v) is 13.2. The highest BCUT2D eigenvalue weighted by molar-refractivity contribution is 5.79. The molecule has 0 aliphatic heterocycles. The minimum atomic E-state index is 1.17. The molecule has 0 heterocycles. The molecule has 1 rings (SSSR count). The minimum Gasteiger partial charge on any atom is -0.0990 e. The smallest absolute Gasteiger partial charge is 0.0184 e. The first-order valence-corrected chi connectivity index (χ1v) is 7.28. The van der Waals surface area contributed by atoms with E-state index in [2.05, 4.69) is 61.2 Å². The SMILES string of the molecule is C=C/C=C(\C=C/C)c1ccc(C(/C=C\C)=C/C=C\C)cc1. The topological polar surface area (TPSA) is 0 Å². The summed E-state index contributed by atoms with van der Waals surface area (Å²) in [4.78, 5) is 0. The van der Waals surface area contributed by atoms with Gasteiger partial charge >= 0.3 is 0 Å². The van der Waals surface area contributed by atoms with Crippen molar-refractivity contribution in [3.8, 4) is 0 Å². The van der Waals surface area contributed by atoms with Gasteiger partial charge in [0, 0.05) is 0 Å². The first-order chi connectivity index (χ1) is 10.3. The predicted octanol–water partition coefficient (Wildman–Crippen LogP) is 6.37. The normalized spacial score (nSPS) is 13.7. The first-order valence-electron chi connectivity index (χ1n) is 7.28. The van der Waals surface area contributed by atoms with E-state index in [1.54, 1.807) is 0 Å². The Bertz CT molecular complexity index is 587. The van der Waals surface area contributed by atoms with Gasteiger partial charge in [0.1, 0.15) is 0 Å². The Morgan fingerprint density at radius 2 is 1.24 bits per heavy atom. The molecule has 0 aliphatic carbocycles. The summed E-state index contributed by atoms with van der Waals surface area (Å²) >= 11 is 0. The summed E-state index contributed by atoms with van der Waals surface area (Å²) in [5.74, 6) is 0. The van der Waals surface area contributed by atoms with Crippen molar-refractivity contribution in [3.63, 3.8) is 0 Å². The summed E-state index contributed by atoms with van der Waals surface area (Å²) < 4.78 is 0. The fraction of sp³-hybridized carbons (Fsp3) is 0.143. The van der Waals surface area contributed by atoms with Gasteiger partial charge in [0.2, 0.25) is 0 Å². The summed E-state index contributed by atoms with van der Waals surface area (Å²) in [6.45, 7) is 9.86. The van der Waals surface area contributed by atoms with Gasteiger partial charge in [0.25, 0.3) is 0 Å². The van der Waals surface area contributed by atoms with Gasteiger partial charge in [-0.2, -0.15) is 0 Å².